The molecule has 10 rings (SSSR count). The molecule has 3 heterocycles. The number of hydrogen-bond donors (Lipinski definition) is 0. The van der Waals surface area contributed by atoms with E-state index in [1.807, 2.05) is 6.07 Å². The predicted molar refractivity (Wildman–Crippen MR) is 175 cm³/mol. The summed E-state index contributed by atoms with van der Waals surface area (Å²) in [5.41, 5.74) is 9.71. The molecule has 2 aliphatic rings. The van der Waals surface area contributed by atoms with Crippen molar-refractivity contribution in [2.24, 2.45) is 0 Å². The molecule has 8 aromatic rings. The van der Waals surface area contributed by atoms with Crippen molar-refractivity contribution in [3.8, 4) is 16.9 Å². The molecule has 0 atom stereocenters. The zero-order valence-corrected chi connectivity index (χ0v) is 22.5. The Kier molecular flexibility index (Phi) is 4.26. The highest BCUT2D eigenvalue weighted by molar-refractivity contribution is 6.87. The molecular formula is C38H22BNO2. The Morgan fingerprint density at radius 1 is 0.524 bits per heavy atom. The zero-order chi connectivity index (χ0) is 27.4. The van der Waals surface area contributed by atoms with Gasteiger partial charge in [0.05, 0.1) is 0 Å². The van der Waals surface area contributed by atoms with E-state index in [1.165, 1.54) is 27.0 Å². The number of anilines is 3. The fourth-order valence-corrected chi connectivity index (χ4v) is 7.22. The van der Waals surface area contributed by atoms with E-state index < -0.39 is 0 Å². The summed E-state index contributed by atoms with van der Waals surface area (Å²) in [6, 6.07) is 47.5. The SMILES string of the molecule is c1ccc2c(c1)OB1c3c(cc4c(oc5ccccc54)c3-2)N(c2ccc3ccccc3c2)c2ccc3ccccc3c21. The molecule has 0 bridgehead atoms. The van der Waals surface area contributed by atoms with Gasteiger partial charge in [-0.2, -0.15) is 0 Å². The largest absolute Gasteiger partial charge is 0.551 e. The van der Waals surface area contributed by atoms with E-state index in [-0.39, 0.29) is 6.92 Å². The molecule has 0 N–H and O–H groups in total. The Bertz CT molecular complexity index is 2420. The van der Waals surface area contributed by atoms with Crippen LogP contribution in [0.4, 0.5) is 17.1 Å². The van der Waals surface area contributed by atoms with Gasteiger partial charge >= 0.3 is 6.92 Å². The quantitative estimate of drug-likeness (QED) is 0.197. The van der Waals surface area contributed by atoms with Crippen LogP contribution >= 0.6 is 0 Å². The van der Waals surface area contributed by atoms with Gasteiger partial charge in [-0.05, 0) is 57.9 Å². The van der Waals surface area contributed by atoms with Crippen LogP contribution in [0.2, 0.25) is 0 Å². The predicted octanol–water partition coefficient (Wildman–Crippen LogP) is 8.84. The molecule has 194 valence electrons. The first-order valence-electron chi connectivity index (χ1n) is 14.4. The number of furan rings is 1. The molecular weight excluding hydrogens is 513 g/mol. The molecule has 0 amide bonds. The van der Waals surface area contributed by atoms with Crippen LogP contribution in [0.1, 0.15) is 0 Å². The van der Waals surface area contributed by atoms with Crippen LogP contribution in [0.3, 0.4) is 0 Å². The van der Waals surface area contributed by atoms with E-state index in [0.29, 0.717) is 0 Å². The van der Waals surface area contributed by atoms with Gasteiger partial charge in [0.1, 0.15) is 16.9 Å². The third kappa shape index (κ3) is 2.86. The van der Waals surface area contributed by atoms with Crippen molar-refractivity contribution < 1.29 is 9.07 Å². The lowest BCUT2D eigenvalue weighted by atomic mass is 9.48. The molecule has 7 aromatic carbocycles. The molecule has 42 heavy (non-hydrogen) atoms. The van der Waals surface area contributed by atoms with Gasteiger partial charge in [-0.25, -0.2) is 0 Å². The van der Waals surface area contributed by atoms with E-state index in [0.717, 1.165) is 61.3 Å². The second kappa shape index (κ2) is 8.05. The molecule has 3 nitrogen and oxygen atoms in total. The average Bonchev–Trinajstić information content (AvgIpc) is 3.42. The molecule has 0 saturated carbocycles. The first-order chi connectivity index (χ1) is 20.8. The lowest BCUT2D eigenvalue weighted by molar-refractivity contribution is 0.589. The molecule has 0 aliphatic carbocycles. The highest BCUT2D eigenvalue weighted by Crippen LogP contribution is 2.48. The molecule has 0 saturated heterocycles. The maximum atomic E-state index is 6.98. The van der Waals surface area contributed by atoms with Crippen LogP contribution in [0.15, 0.2) is 138 Å². The average molecular weight is 535 g/mol. The van der Waals surface area contributed by atoms with E-state index in [9.17, 15) is 0 Å². The van der Waals surface area contributed by atoms with E-state index in [1.54, 1.807) is 0 Å². The highest BCUT2D eigenvalue weighted by atomic mass is 16.4. The maximum absolute atomic E-state index is 6.98. The summed E-state index contributed by atoms with van der Waals surface area (Å²) in [4.78, 5) is 2.43. The number of benzene rings is 7. The Labute approximate surface area is 242 Å². The molecule has 1 aromatic heterocycles. The first kappa shape index (κ1) is 22.2. The van der Waals surface area contributed by atoms with Gasteiger partial charge in [-0.15, -0.1) is 0 Å². The van der Waals surface area contributed by atoms with E-state index in [4.69, 9.17) is 9.07 Å². The molecule has 0 radical (unpaired) electrons. The summed E-state index contributed by atoms with van der Waals surface area (Å²) in [5.74, 6) is 0.881. The topological polar surface area (TPSA) is 25.6 Å². The van der Waals surface area contributed by atoms with Gasteiger partial charge in [0, 0.05) is 49.9 Å². The second-order valence-corrected chi connectivity index (χ2v) is 11.2. The van der Waals surface area contributed by atoms with Crippen LogP contribution < -0.4 is 20.5 Å². The minimum Gasteiger partial charge on any atom is -0.551 e. The molecule has 2 aliphatic heterocycles. The lowest BCUT2D eigenvalue weighted by Gasteiger charge is -2.40. The van der Waals surface area contributed by atoms with Crippen LogP contribution in [-0.4, -0.2) is 6.92 Å². The Hall–Kier alpha value is -5.48. The number of fused-ring (bicyclic) bond motifs is 11. The van der Waals surface area contributed by atoms with Gasteiger partial charge in [0.15, 0.2) is 0 Å². The molecule has 0 spiro atoms. The van der Waals surface area contributed by atoms with E-state index in [2.05, 4.69) is 132 Å². The van der Waals surface area contributed by atoms with Crippen LogP contribution in [0.5, 0.6) is 5.75 Å². The summed E-state index contributed by atoms with van der Waals surface area (Å²) in [6.07, 6.45) is 0. The normalized spacial score (nSPS) is 13.3. The van der Waals surface area contributed by atoms with Gasteiger partial charge < -0.3 is 14.0 Å². The van der Waals surface area contributed by atoms with Gasteiger partial charge in [0.25, 0.3) is 0 Å². The van der Waals surface area contributed by atoms with Crippen LogP contribution in [0.25, 0.3) is 54.6 Å². The summed E-state index contributed by atoms with van der Waals surface area (Å²) in [7, 11) is 0. The van der Waals surface area contributed by atoms with Crippen molar-refractivity contribution in [3.63, 3.8) is 0 Å². The Morgan fingerprint density at radius 3 is 2.19 bits per heavy atom. The van der Waals surface area contributed by atoms with Crippen molar-refractivity contribution in [2.75, 3.05) is 4.90 Å². The summed E-state index contributed by atoms with van der Waals surface area (Å²) in [6.45, 7) is -0.277. The summed E-state index contributed by atoms with van der Waals surface area (Å²) in [5, 5.41) is 7.08. The number of para-hydroxylation sites is 2. The lowest BCUT2D eigenvalue weighted by Crippen LogP contribution is -2.56. The highest BCUT2D eigenvalue weighted by Gasteiger charge is 2.45. The zero-order valence-electron chi connectivity index (χ0n) is 22.5. The minimum absolute atomic E-state index is 0.277. The van der Waals surface area contributed by atoms with Crippen molar-refractivity contribution >= 4 is 78.4 Å². The van der Waals surface area contributed by atoms with Crippen molar-refractivity contribution in [1.82, 2.24) is 0 Å². The number of nitrogens with zero attached hydrogens (tertiary/aromatic N) is 1. The standard InChI is InChI=1S/C38H22BNO2/c1-2-11-25-21-26(19-17-23(25)9-1)40-31-20-18-24-10-3-4-12-27(24)36(31)39-37-32(40)22-30-28-13-5-7-15-33(28)41-38(30)35(37)29-14-6-8-16-34(29)42-39/h1-22H. The van der Waals surface area contributed by atoms with Crippen LogP contribution in [0, 0.1) is 0 Å². The molecule has 0 unspecified atom stereocenters. The van der Waals surface area contributed by atoms with Gasteiger partial charge in [-0.1, -0.05) is 97.1 Å². The fourth-order valence-electron chi connectivity index (χ4n) is 7.22. The van der Waals surface area contributed by atoms with Crippen LogP contribution in [-0.2, 0) is 0 Å². The monoisotopic (exact) mass is 535 g/mol. The molecule has 4 heteroatoms. The fraction of sp³-hybridized carbons (Fsp3) is 0. The second-order valence-electron chi connectivity index (χ2n) is 11.2. The van der Waals surface area contributed by atoms with Crippen molar-refractivity contribution in [1.29, 1.82) is 0 Å². The number of hydrogen-bond acceptors (Lipinski definition) is 3. The first-order valence-corrected chi connectivity index (χ1v) is 14.4. The summed E-state index contributed by atoms with van der Waals surface area (Å²) < 4.78 is 13.7. The third-order valence-corrected chi connectivity index (χ3v) is 9.03. The van der Waals surface area contributed by atoms with Gasteiger partial charge in [0.2, 0.25) is 0 Å². The molecule has 0 fully saturated rings. The van der Waals surface area contributed by atoms with E-state index >= 15 is 0 Å². The smallest absolute Gasteiger partial charge is 0.432 e. The maximum Gasteiger partial charge on any atom is 0.432 e. The third-order valence-electron chi connectivity index (χ3n) is 9.03. The van der Waals surface area contributed by atoms with Crippen molar-refractivity contribution in [2.45, 2.75) is 0 Å². The summed E-state index contributed by atoms with van der Waals surface area (Å²) >= 11 is 0. The minimum atomic E-state index is -0.277. The Morgan fingerprint density at radius 2 is 1.26 bits per heavy atom. The van der Waals surface area contributed by atoms with Gasteiger partial charge in [-0.3, -0.25) is 0 Å². The Balaban J connectivity index is 1.40. The number of rotatable bonds is 1. The van der Waals surface area contributed by atoms with Crippen molar-refractivity contribution in [3.05, 3.63) is 133 Å².